The van der Waals surface area contributed by atoms with E-state index in [0.717, 1.165) is 89.9 Å². The van der Waals surface area contributed by atoms with Crippen LogP contribution >= 0.6 is 7.82 Å². The van der Waals surface area contributed by atoms with Gasteiger partial charge in [-0.2, -0.15) is 0 Å². The predicted octanol–water partition coefficient (Wildman–Crippen LogP) is 12.8. The Morgan fingerprint density at radius 1 is 0.500 bits per heavy atom. The van der Waals surface area contributed by atoms with E-state index in [9.17, 15) is 14.2 Å². The molecule has 0 amide bonds. The molecule has 8 nitrogen and oxygen atoms in total. The van der Waals surface area contributed by atoms with Gasteiger partial charge in [0.2, 0.25) is 0 Å². The summed E-state index contributed by atoms with van der Waals surface area (Å²) < 4.78 is 26.3. The lowest BCUT2D eigenvalue weighted by Gasteiger charge is -2.18. The number of allylic oxidation sites excluding steroid dienone is 14. The van der Waals surface area contributed by atoms with Gasteiger partial charge in [0.25, 0.3) is 0 Å². The number of esters is 2. The molecule has 0 aromatic heterocycles. The standard InChI is InChI=1S/C45H75O8P/c1-3-5-7-9-11-13-15-17-18-19-20-21-22-23-24-25-26-28-29-31-33-35-37-39-44(46)51-41-43(42-52-54(48,49)50)53-45(47)40-38-36-34-32-30-27-16-14-12-10-8-6-4-2/h5-8,10-14,16-18,20-21,43H,3-4,9,15,19,22-42H2,1-2H3,(H2,48,49,50)/b7-5+,8-6+,12-10+,13-11+,16-14+,18-17+,21-20+. The van der Waals surface area contributed by atoms with Gasteiger partial charge in [0, 0.05) is 12.8 Å². The highest BCUT2D eigenvalue weighted by Gasteiger charge is 2.22. The third-order valence-electron chi connectivity index (χ3n) is 8.47. The van der Waals surface area contributed by atoms with E-state index in [4.69, 9.17) is 19.3 Å². The van der Waals surface area contributed by atoms with Crippen LogP contribution in [0, 0.1) is 0 Å². The molecule has 0 aliphatic heterocycles. The van der Waals surface area contributed by atoms with E-state index < -0.39 is 32.5 Å². The van der Waals surface area contributed by atoms with Crippen molar-refractivity contribution in [1.29, 1.82) is 0 Å². The molecule has 0 spiro atoms. The number of rotatable bonds is 37. The number of carbonyl (C=O) groups excluding carboxylic acids is 2. The highest BCUT2D eigenvalue weighted by atomic mass is 31.2. The number of phosphoric ester groups is 1. The first-order chi connectivity index (χ1) is 26.3. The first-order valence-corrected chi connectivity index (χ1v) is 22.4. The molecule has 0 fully saturated rings. The number of hydrogen-bond acceptors (Lipinski definition) is 6. The van der Waals surface area contributed by atoms with Crippen molar-refractivity contribution in [2.24, 2.45) is 0 Å². The van der Waals surface area contributed by atoms with E-state index in [0.29, 0.717) is 12.8 Å². The summed E-state index contributed by atoms with van der Waals surface area (Å²) in [6.45, 7) is 3.41. The minimum atomic E-state index is -4.76. The molecule has 0 aliphatic carbocycles. The maximum Gasteiger partial charge on any atom is 0.469 e. The van der Waals surface area contributed by atoms with Gasteiger partial charge in [-0.15, -0.1) is 0 Å². The van der Waals surface area contributed by atoms with E-state index >= 15 is 0 Å². The van der Waals surface area contributed by atoms with Crippen LogP contribution in [0.15, 0.2) is 85.1 Å². The fourth-order valence-electron chi connectivity index (χ4n) is 5.42. The molecule has 0 aromatic carbocycles. The van der Waals surface area contributed by atoms with Crippen LogP contribution in [0.2, 0.25) is 0 Å². The van der Waals surface area contributed by atoms with Gasteiger partial charge in [-0.25, -0.2) is 4.57 Å². The van der Waals surface area contributed by atoms with Crippen molar-refractivity contribution in [3.05, 3.63) is 85.1 Å². The molecule has 0 saturated heterocycles. The molecule has 0 saturated carbocycles. The van der Waals surface area contributed by atoms with Crippen molar-refractivity contribution in [3.8, 4) is 0 Å². The third-order valence-corrected chi connectivity index (χ3v) is 8.96. The second-order valence-electron chi connectivity index (χ2n) is 13.6. The van der Waals surface area contributed by atoms with E-state index in [1.807, 2.05) is 18.2 Å². The molecule has 0 aliphatic rings. The van der Waals surface area contributed by atoms with E-state index in [1.165, 1.54) is 38.5 Å². The topological polar surface area (TPSA) is 119 Å². The number of carbonyl (C=O) groups is 2. The molecule has 308 valence electrons. The van der Waals surface area contributed by atoms with Gasteiger partial charge < -0.3 is 19.3 Å². The molecule has 0 heterocycles. The highest BCUT2D eigenvalue weighted by molar-refractivity contribution is 7.46. The third kappa shape index (κ3) is 42.0. The zero-order valence-corrected chi connectivity index (χ0v) is 34.7. The fraction of sp³-hybridized carbons (Fsp3) is 0.644. The van der Waals surface area contributed by atoms with Crippen LogP contribution in [-0.2, 0) is 28.2 Å². The zero-order chi connectivity index (χ0) is 39.6. The van der Waals surface area contributed by atoms with Gasteiger partial charge in [0.1, 0.15) is 6.61 Å². The average molecular weight is 775 g/mol. The second kappa shape index (κ2) is 39.9. The molecular weight excluding hydrogens is 699 g/mol. The van der Waals surface area contributed by atoms with Crippen molar-refractivity contribution >= 4 is 19.8 Å². The molecule has 0 bridgehead atoms. The van der Waals surface area contributed by atoms with Crippen molar-refractivity contribution in [3.63, 3.8) is 0 Å². The average Bonchev–Trinajstić information content (AvgIpc) is 3.14. The van der Waals surface area contributed by atoms with Crippen LogP contribution in [0.1, 0.15) is 168 Å². The Bertz CT molecular complexity index is 1140. The van der Waals surface area contributed by atoms with Crippen molar-refractivity contribution in [2.75, 3.05) is 13.2 Å². The summed E-state index contributed by atoms with van der Waals surface area (Å²) in [4.78, 5) is 42.8. The Balaban J connectivity index is 3.91. The zero-order valence-electron chi connectivity index (χ0n) is 33.8. The van der Waals surface area contributed by atoms with Gasteiger partial charge in [-0.3, -0.25) is 14.1 Å². The van der Waals surface area contributed by atoms with E-state index in [1.54, 1.807) is 0 Å². The van der Waals surface area contributed by atoms with Crippen LogP contribution < -0.4 is 0 Å². The Hall–Kier alpha value is -2.77. The molecule has 0 rings (SSSR count). The molecule has 54 heavy (non-hydrogen) atoms. The molecule has 0 radical (unpaired) electrons. The summed E-state index contributed by atoms with van der Waals surface area (Å²) in [5, 5.41) is 0. The number of phosphoric acid groups is 1. The second-order valence-corrected chi connectivity index (χ2v) is 14.9. The van der Waals surface area contributed by atoms with E-state index in [2.05, 4.69) is 85.2 Å². The van der Waals surface area contributed by atoms with Gasteiger partial charge in [0.05, 0.1) is 6.61 Å². The van der Waals surface area contributed by atoms with Crippen LogP contribution in [0.4, 0.5) is 0 Å². The Labute approximate surface area is 329 Å². The van der Waals surface area contributed by atoms with Crippen molar-refractivity contribution in [2.45, 2.75) is 174 Å². The lowest BCUT2D eigenvalue weighted by Crippen LogP contribution is -2.29. The molecule has 9 heteroatoms. The lowest BCUT2D eigenvalue weighted by atomic mass is 10.1. The Morgan fingerprint density at radius 3 is 1.44 bits per heavy atom. The predicted molar refractivity (Wildman–Crippen MR) is 225 cm³/mol. The quantitative estimate of drug-likeness (QED) is 0.0210. The maximum absolute atomic E-state index is 12.4. The minimum absolute atomic E-state index is 0.184. The Morgan fingerprint density at radius 2 is 0.926 bits per heavy atom. The first-order valence-electron chi connectivity index (χ1n) is 20.9. The number of hydrogen-bond donors (Lipinski definition) is 2. The normalized spacial score (nSPS) is 13.3. The van der Waals surface area contributed by atoms with Gasteiger partial charge >= 0.3 is 19.8 Å². The molecule has 1 atom stereocenters. The molecular formula is C45H75O8P. The van der Waals surface area contributed by atoms with Gasteiger partial charge in [-0.05, 0) is 70.6 Å². The number of unbranched alkanes of at least 4 members (excludes halogenated alkanes) is 15. The van der Waals surface area contributed by atoms with Gasteiger partial charge in [-0.1, -0.05) is 170 Å². The molecule has 0 aromatic rings. The molecule has 2 N–H and O–H groups in total. The summed E-state index contributed by atoms with van der Waals surface area (Å²) in [5.74, 6) is -0.921. The van der Waals surface area contributed by atoms with E-state index in [-0.39, 0.29) is 19.4 Å². The smallest absolute Gasteiger partial charge is 0.462 e. The maximum atomic E-state index is 12.4. The summed E-state index contributed by atoms with van der Waals surface area (Å²) >= 11 is 0. The highest BCUT2D eigenvalue weighted by Crippen LogP contribution is 2.36. The lowest BCUT2D eigenvalue weighted by molar-refractivity contribution is -0.161. The van der Waals surface area contributed by atoms with Crippen LogP contribution in [0.25, 0.3) is 0 Å². The Kier molecular flexibility index (Phi) is 37.9. The van der Waals surface area contributed by atoms with Crippen molar-refractivity contribution < 1.29 is 37.9 Å². The number of ether oxygens (including phenoxy) is 2. The van der Waals surface area contributed by atoms with Crippen LogP contribution in [0.3, 0.4) is 0 Å². The van der Waals surface area contributed by atoms with Crippen LogP contribution in [0.5, 0.6) is 0 Å². The van der Waals surface area contributed by atoms with Crippen molar-refractivity contribution in [1.82, 2.24) is 0 Å². The minimum Gasteiger partial charge on any atom is -0.462 e. The summed E-state index contributed by atoms with van der Waals surface area (Å²) in [6.07, 6.45) is 53.1. The largest absolute Gasteiger partial charge is 0.469 e. The first kappa shape index (κ1) is 51.2. The monoisotopic (exact) mass is 775 g/mol. The van der Waals surface area contributed by atoms with Crippen LogP contribution in [-0.4, -0.2) is 41.0 Å². The molecule has 1 unspecified atom stereocenters. The summed E-state index contributed by atoms with van der Waals surface area (Å²) in [7, 11) is -4.76. The van der Waals surface area contributed by atoms with Gasteiger partial charge in [0.15, 0.2) is 6.10 Å². The summed E-state index contributed by atoms with van der Waals surface area (Å²) in [6, 6.07) is 0. The SMILES string of the molecule is CC/C=C/C=C/C=C/CCCCCCCC(=O)OC(COC(=O)CCCCCCCCCCCC/C=C/C/C=C/C/C=C/C/C=C/CC)COP(=O)(O)O. The summed E-state index contributed by atoms with van der Waals surface area (Å²) in [5.41, 5.74) is 0. The fourth-order valence-corrected chi connectivity index (χ4v) is 5.78.